The predicted molar refractivity (Wildman–Crippen MR) is 106 cm³/mol. The summed E-state index contributed by atoms with van der Waals surface area (Å²) in [6.45, 7) is 1.60. The van der Waals surface area contributed by atoms with Gasteiger partial charge < -0.3 is 16.4 Å². The molecule has 0 fully saturated rings. The number of carbonyl (C=O) groups is 3. The van der Waals surface area contributed by atoms with Crippen molar-refractivity contribution in [2.24, 2.45) is 5.73 Å². The highest BCUT2D eigenvalue weighted by Gasteiger charge is 2.19. The number of rotatable bonds is 5. The Morgan fingerprint density at radius 1 is 0.933 bits per heavy atom. The maximum atomic E-state index is 14.0. The minimum absolute atomic E-state index is 0.0967. The van der Waals surface area contributed by atoms with Crippen LogP contribution in [0.15, 0.2) is 42.5 Å². The van der Waals surface area contributed by atoms with E-state index in [0.29, 0.717) is 16.6 Å². The number of benzene rings is 2. The molecule has 0 spiro atoms. The summed E-state index contributed by atoms with van der Waals surface area (Å²) in [6.07, 6.45) is 0. The van der Waals surface area contributed by atoms with Crippen molar-refractivity contribution < 1.29 is 27.6 Å². The van der Waals surface area contributed by atoms with E-state index >= 15 is 0 Å². The maximum absolute atomic E-state index is 14.0. The van der Waals surface area contributed by atoms with Crippen LogP contribution in [0.3, 0.4) is 0 Å². The molecule has 0 atom stereocenters. The average molecular weight is 433 g/mol. The van der Waals surface area contributed by atoms with Crippen molar-refractivity contribution >= 4 is 39.7 Å². The molecule has 3 aromatic rings. The van der Waals surface area contributed by atoms with E-state index in [2.05, 4.69) is 10.6 Å². The van der Waals surface area contributed by atoms with Gasteiger partial charge in [0.25, 0.3) is 17.7 Å². The van der Waals surface area contributed by atoms with E-state index < -0.39 is 46.4 Å². The highest BCUT2D eigenvalue weighted by molar-refractivity contribution is 7.18. The fourth-order valence-electron chi connectivity index (χ4n) is 2.60. The fourth-order valence-corrected chi connectivity index (χ4v) is 3.56. The van der Waals surface area contributed by atoms with Crippen molar-refractivity contribution in [3.8, 4) is 0 Å². The van der Waals surface area contributed by atoms with Gasteiger partial charge in [-0.25, -0.2) is 13.2 Å². The van der Waals surface area contributed by atoms with E-state index in [9.17, 15) is 27.6 Å². The summed E-state index contributed by atoms with van der Waals surface area (Å²) in [5.74, 6) is -5.21. The number of primary amides is 1. The van der Waals surface area contributed by atoms with Gasteiger partial charge >= 0.3 is 0 Å². The highest BCUT2D eigenvalue weighted by Crippen LogP contribution is 2.29. The molecule has 0 aliphatic rings. The first-order valence-electron chi connectivity index (χ1n) is 8.43. The minimum Gasteiger partial charge on any atom is -0.366 e. The zero-order valence-electron chi connectivity index (χ0n) is 15.4. The number of amides is 3. The molecule has 0 saturated heterocycles. The molecular weight excluding hydrogens is 419 g/mol. The first-order chi connectivity index (χ1) is 14.2. The Balaban J connectivity index is 1.80. The van der Waals surface area contributed by atoms with Crippen LogP contribution in [0.4, 0.5) is 23.9 Å². The number of anilines is 2. The van der Waals surface area contributed by atoms with Crippen LogP contribution in [0.1, 0.15) is 36.0 Å². The largest absolute Gasteiger partial charge is 0.366 e. The van der Waals surface area contributed by atoms with Gasteiger partial charge in [0.15, 0.2) is 0 Å². The predicted octanol–water partition coefficient (Wildman–Crippen LogP) is 4.08. The fraction of sp³-hybridized carbons (Fsp3) is 0.0500. The Labute approximate surface area is 172 Å². The quantitative estimate of drug-likeness (QED) is 0.565. The number of hydrogen-bond donors (Lipinski definition) is 3. The van der Waals surface area contributed by atoms with E-state index in [-0.39, 0.29) is 10.4 Å². The summed E-state index contributed by atoms with van der Waals surface area (Å²) < 4.78 is 40.8. The third-order valence-corrected chi connectivity index (χ3v) is 5.17. The smallest absolute Gasteiger partial charge is 0.266 e. The van der Waals surface area contributed by atoms with Crippen molar-refractivity contribution in [2.45, 2.75) is 6.92 Å². The number of hydrogen-bond acceptors (Lipinski definition) is 4. The Morgan fingerprint density at radius 2 is 1.67 bits per heavy atom. The van der Waals surface area contributed by atoms with Crippen LogP contribution < -0.4 is 16.4 Å². The van der Waals surface area contributed by atoms with Gasteiger partial charge in [-0.3, -0.25) is 14.4 Å². The van der Waals surface area contributed by atoms with Crippen molar-refractivity contribution in [3.05, 3.63) is 81.5 Å². The van der Waals surface area contributed by atoms with E-state index in [1.54, 1.807) is 6.92 Å². The van der Waals surface area contributed by atoms with Gasteiger partial charge in [0.2, 0.25) is 0 Å². The average Bonchev–Trinajstić information content (AvgIpc) is 3.03. The van der Waals surface area contributed by atoms with Gasteiger partial charge in [0.1, 0.15) is 17.5 Å². The molecule has 10 heteroatoms. The molecule has 0 aliphatic heterocycles. The van der Waals surface area contributed by atoms with Crippen LogP contribution in [0, 0.1) is 24.4 Å². The number of thiophene rings is 1. The monoisotopic (exact) mass is 433 g/mol. The van der Waals surface area contributed by atoms with Crippen LogP contribution in [0.2, 0.25) is 0 Å². The zero-order valence-corrected chi connectivity index (χ0v) is 16.2. The summed E-state index contributed by atoms with van der Waals surface area (Å²) in [4.78, 5) is 36.1. The molecular formula is C20H14F3N3O3S. The molecule has 3 rings (SSSR count). The molecule has 0 saturated carbocycles. The minimum atomic E-state index is -1.15. The first kappa shape index (κ1) is 21.1. The Morgan fingerprint density at radius 3 is 2.33 bits per heavy atom. The van der Waals surface area contributed by atoms with Crippen LogP contribution in [0.25, 0.3) is 0 Å². The van der Waals surface area contributed by atoms with E-state index in [1.807, 2.05) is 0 Å². The molecule has 0 radical (unpaired) electrons. The number of aryl methyl sites for hydroxylation is 1. The number of nitrogens with one attached hydrogen (secondary N) is 2. The van der Waals surface area contributed by atoms with Gasteiger partial charge in [-0.15, -0.1) is 11.3 Å². The lowest BCUT2D eigenvalue weighted by atomic mass is 10.1. The van der Waals surface area contributed by atoms with Crippen LogP contribution in [-0.2, 0) is 0 Å². The molecule has 0 aliphatic carbocycles. The summed E-state index contributed by atoms with van der Waals surface area (Å²) in [5, 5.41) is 5.12. The lowest BCUT2D eigenvalue weighted by Crippen LogP contribution is -2.17. The van der Waals surface area contributed by atoms with Crippen molar-refractivity contribution in [2.75, 3.05) is 10.6 Å². The number of halogens is 3. The normalized spacial score (nSPS) is 10.5. The van der Waals surface area contributed by atoms with Crippen LogP contribution in [-0.4, -0.2) is 17.7 Å². The molecule has 2 aromatic carbocycles. The second-order valence-corrected chi connectivity index (χ2v) is 7.27. The van der Waals surface area contributed by atoms with Gasteiger partial charge in [-0.05, 0) is 42.8 Å². The summed E-state index contributed by atoms with van der Waals surface area (Å²) in [5.41, 5.74) is 4.61. The third kappa shape index (κ3) is 4.49. The second-order valence-electron chi connectivity index (χ2n) is 6.22. The Hall–Kier alpha value is -3.66. The second kappa shape index (κ2) is 8.37. The molecule has 1 heterocycles. The molecule has 3 amide bonds. The summed E-state index contributed by atoms with van der Waals surface area (Å²) in [6, 6.07) is 7.86. The van der Waals surface area contributed by atoms with E-state index in [0.717, 1.165) is 23.5 Å². The van der Waals surface area contributed by atoms with Gasteiger partial charge in [0.05, 0.1) is 21.1 Å². The molecule has 6 nitrogen and oxygen atoms in total. The number of carbonyl (C=O) groups excluding carboxylic acids is 3. The topological polar surface area (TPSA) is 101 Å². The van der Waals surface area contributed by atoms with E-state index in [1.165, 1.54) is 24.3 Å². The lowest BCUT2D eigenvalue weighted by Gasteiger charge is -2.08. The third-order valence-electron chi connectivity index (χ3n) is 4.02. The van der Waals surface area contributed by atoms with Crippen molar-refractivity contribution in [3.63, 3.8) is 0 Å². The van der Waals surface area contributed by atoms with Crippen LogP contribution in [0.5, 0.6) is 0 Å². The standard InChI is InChI=1S/C20H14F3N3O3S/c1-9-5-16(26-19(28)10-3-2-4-11(21)6-10)30-17(9)20(29)25-15-7-12(18(24)27)13(22)8-14(15)23/h2-8H,1H3,(H2,24,27)(H,25,29)(H,26,28). The maximum Gasteiger partial charge on any atom is 0.266 e. The summed E-state index contributed by atoms with van der Waals surface area (Å²) in [7, 11) is 0. The SMILES string of the molecule is Cc1cc(NC(=O)c2cccc(F)c2)sc1C(=O)Nc1cc(C(N)=O)c(F)cc1F. The van der Waals surface area contributed by atoms with Crippen molar-refractivity contribution in [1.82, 2.24) is 0 Å². The molecule has 30 heavy (non-hydrogen) atoms. The molecule has 4 N–H and O–H groups in total. The van der Waals surface area contributed by atoms with Gasteiger partial charge in [-0.1, -0.05) is 6.07 Å². The Kier molecular flexibility index (Phi) is 5.88. The highest BCUT2D eigenvalue weighted by atomic mass is 32.1. The van der Waals surface area contributed by atoms with Gasteiger partial charge in [-0.2, -0.15) is 0 Å². The molecule has 1 aromatic heterocycles. The van der Waals surface area contributed by atoms with Gasteiger partial charge in [0, 0.05) is 11.6 Å². The molecule has 154 valence electrons. The number of nitrogens with two attached hydrogens (primary N) is 1. The summed E-state index contributed by atoms with van der Waals surface area (Å²) >= 11 is 0.908. The van der Waals surface area contributed by atoms with Crippen LogP contribution >= 0.6 is 11.3 Å². The molecule has 0 unspecified atom stereocenters. The first-order valence-corrected chi connectivity index (χ1v) is 9.25. The van der Waals surface area contributed by atoms with Crippen molar-refractivity contribution in [1.29, 1.82) is 0 Å². The zero-order chi connectivity index (χ0) is 22.0. The molecule has 0 bridgehead atoms. The Bertz CT molecular complexity index is 1180. The lowest BCUT2D eigenvalue weighted by molar-refractivity contribution is 0.0991. The van der Waals surface area contributed by atoms with E-state index in [4.69, 9.17) is 5.73 Å².